The molecule has 0 bridgehead atoms. The van der Waals surface area contributed by atoms with E-state index in [0.717, 1.165) is 6.54 Å². The molecule has 0 N–H and O–H groups in total. The molecule has 4 rings (SSSR count). The lowest BCUT2D eigenvalue weighted by Crippen LogP contribution is -2.29. The highest BCUT2D eigenvalue weighted by atomic mass is 35.5. The Labute approximate surface area is 160 Å². The number of halogens is 1. The lowest BCUT2D eigenvalue weighted by molar-refractivity contribution is 0.278. The highest BCUT2D eigenvalue weighted by Crippen LogP contribution is 2.34. The van der Waals surface area contributed by atoms with E-state index >= 15 is 0 Å². The van der Waals surface area contributed by atoms with Crippen LogP contribution in [0.15, 0.2) is 78.3 Å². The van der Waals surface area contributed by atoms with Gasteiger partial charge in [0.1, 0.15) is 0 Å². The van der Waals surface area contributed by atoms with Gasteiger partial charge < -0.3 is 4.90 Å². The molecule has 25 heavy (non-hydrogen) atoms. The predicted molar refractivity (Wildman–Crippen MR) is 111 cm³/mol. The Morgan fingerprint density at radius 3 is 2.72 bits per heavy atom. The molecular weight excluding hydrogens is 346 g/mol. The number of nitrogens with zero attached hydrogens (tertiary/aromatic N) is 1. The summed E-state index contributed by atoms with van der Waals surface area (Å²) < 4.78 is 0. The summed E-state index contributed by atoms with van der Waals surface area (Å²) in [7, 11) is 0. The minimum Gasteiger partial charge on any atom is -0.366 e. The zero-order chi connectivity index (χ0) is 16.2. The molecule has 1 aromatic carbocycles. The quantitative estimate of drug-likeness (QED) is 0.596. The number of hydrogen-bond acceptors (Lipinski definition) is 2. The minimum absolute atomic E-state index is 0. The molecular formula is C22H24ClNS. The molecule has 2 aromatic rings. The summed E-state index contributed by atoms with van der Waals surface area (Å²) in [5.74, 6) is 0.637. The van der Waals surface area contributed by atoms with E-state index in [1.807, 2.05) is 11.3 Å². The number of benzene rings is 1. The van der Waals surface area contributed by atoms with Crippen LogP contribution in [0.5, 0.6) is 0 Å². The monoisotopic (exact) mass is 369 g/mol. The van der Waals surface area contributed by atoms with Crippen molar-refractivity contribution in [2.45, 2.75) is 25.3 Å². The summed E-state index contributed by atoms with van der Waals surface area (Å²) in [5.41, 5.74) is 2.92. The van der Waals surface area contributed by atoms with Crippen molar-refractivity contribution in [1.82, 2.24) is 4.90 Å². The molecule has 2 unspecified atom stereocenters. The number of thiophene rings is 1. The standard InChI is InChI=1S/C22H23NS.ClH/c1-2-9-19(10-3-1)21-12-4-5-14-23(21)17-18-8-6-11-20(16-18)22-13-7-15-24-22;/h1-5,7,9-10,12-16,18,21H,6,8,11,17H2;1H. The zero-order valence-corrected chi connectivity index (χ0v) is 15.9. The average Bonchev–Trinajstić information content (AvgIpc) is 3.18. The Bertz CT molecular complexity index is 746. The SMILES string of the molecule is C1=CC(c2ccccc2)N(CC2C=C(c3cccs3)CCC2)C=C1.Cl. The van der Waals surface area contributed by atoms with Crippen LogP contribution in [0.1, 0.15) is 35.7 Å². The topological polar surface area (TPSA) is 3.24 Å². The summed E-state index contributed by atoms with van der Waals surface area (Å²) in [5, 5.41) is 2.18. The van der Waals surface area contributed by atoms with Crippen molar-refractivity contribution in [3.8, 4) is 0 Å². The van der Waals surface area contributed by atoms with Gasteiger partial charge in [0, 0.05) is 11.4 Å². The number of hydrogen-bond donors (Lipinski definition) is 0. The van der Waals surface area contributed by atoms with Crippen LogP contribution >= 0.6 is 23.7 Å². The molecule has 0 radical (unpaired) electrons. The highest BCUT2D eigenvalue weighted by Gasteiger charge is 2.22. The highest BCUT2D eigenvalue weighted by molar-refractivity contribution is 7.11. The first-order chi connectivity index (χ1) is 11.9. The summed E-state index contributed by atoms with van der Waals surface area (Å²) in [4.78, 5) is 3.95. The maximum absolute atomic E-state index is 2.53. The fourth-order valence-electron chi connectivity index (χ4n) is 3.75. The summed E-state index contributed by atoms with van der Waals surface area (Å²) >= 11 is 1.87. The minimum atomic E-state index is 0. The van der Waals surface area contributed by atoms with Crippen LogP contribution in [-0.4, -0.2) is 11.4 Å². The van der Waals surface area contributed by atoms with E-state index < -0.39 is 0 Å². The first kappa shape index (κ1) is 18.0. The van der Waals surface area contributed by atoms with Crippen molar-refractivity contribution in [2.75, 3.05) is 6.54 Å². The van der Waals surface area contributed by atoms with E-state index in [-0.39, 0.29) is 12.4 Å². The summed E-state index contributed by atoms with van der Waals surface area (Å²) in [6.07, 6.45) is 15.3. The first-order valence-electron chi connectivity index (χ1n) is 8.80. The van der Waals surface area contributed by atoms with Crippen molar-refractivity contribution in [2.24, 2.45) is 5.92 Å². The van der Waals surface area contributed by atoms with E-state index in [1.165, 1.54) is 29.7 Å². The van der Waals surface area contributed by atoms with Gasteiger partial charge >= 0.3 is 0 Å². The van der Waals surface area contributed by atoms with Gasteiger partial charge in [-0.05, 0) is 60.0 Å². The van der Waals surface area contributed by atoms with E-state index in [4.69, 9.17) is 0 Å². The first-order valence-corrected chi connectivity index (χ1v) is 9.68. The van der Waals surface area contributed by atoms with Gasteiger partial charge in [0.25, 0.3) is 0 Å². The van der Waals surface area contributed by atoms with Crippen LogP contribution < -0.4 is 0 Å². The molecule has 0 saturated carbocycles. The van der Waals surface area contributed by atoms with Crippen LogP contribution in [0.4, 0.5) is 0 Å². The zero-order valence-electron chi connectivity index (χ0n) is 14.3. The fourth-order valence-corrected chi connectivity index (χ4v) is 4.53. The molecule has 2 atom stereocenters. The Hall–Kier alpha value is -1.77. The van der Waals surface area contributed by atoms with Crippen LogP contribution in [0, 0.1) is 5.92 Å². The van der Waals surface area contributed by atoms with Crippen molar-refractivity contribution >= 4 is 29.3 Å². The number of rotatable bonds is 4. The van der Waals surface area contributed by atoms with Gasteiger partial charge in [-0.1, -0.05) is 54.6 Å². The summed E-state index contributed by atoms with van der Waals surface area (Å²) in [6, 6.07) is 15.6. The van der Waals surface area contributed by atoms with Gasteiger partial charge in [-0.2, -0.15) is 0 Å². The fraction of sp³-hybridized carbons (Fsp3) is 0.273. The van der Waals surface area contributed by atoms with Crippen LogP contribution in [0.2, 0.25) is 0 Å². The third-order valence-corrected chi connectivity index (χ3v) is 5.87. The average molecular weight is 370 g/mol. The van der Waals surface area contributed by atoms with Crippen molar-refractivity contribution in [1.29, 1.82) is 0 Å². The molecule has 1 aliphatic heterocycles. The molecule has 0 fully saturated rings. The molecule has 0 saturated heterocycles. The van der Waals surface area contributed by atoms with Crippen molar-refractivity contribution < 1.29 is 0 Å². The van der Waals surface area contributed by atoms with Gasteiger partial charge in [0.15, 0.2) is 0 Å². The van der Waals surface area contributed by atoms with Gasteiger partial charge in [-0.25, -0.2) is 0 Å². The molecule has 1 aliphatic carbocycles. The van der Waals surface area contributed by atoms with Crippen molar-refractivity contribution in [3.05, 3.63) is 88.8 Å². The normalized spacial score (nSPS) is 22.4. The lowest BCUT2D eigenvalue weighted by Gasteiger charge is -2.34. The molecule has 3 heteroatoms. The lowest BCUT2D eigenvalue weighted by atomic mass is 9.88. The second-order valence-electron chi connectivity index (χ2n) is 6.60. The third kappa shape index (κ3) is 4.26. The van der Waals surface area contributed by atoms with Gasteiger partial charge in [-0.3, -0.25) is 0 Å². The molecule has 130 valence electrons. The molecule has 0 amide bonds. The molecule has 1 aromatic heterocycles. The second kappa shape index (κ2) is 8.55. The van der Waals surface area contributed by atoms with Crippen LogP contribution in [0.25, 0.3) is 5.57 Å². The van der Waals surface area contributed by atoms with E-state index in [9.17, 15) is 0 Å². The van der Waals surface area contributed by atoms with Gasteiger partial charge in [-0.15, -0.1) is 23.7 Å². The molecule has 1 nitrogen and oxygen atoms in total. The van der Waals surface area contributed by atoms with Crippen LogP contribution in [0.3, 0.4) is 0 Å². The molecule has 2 aliphatic rings. The third-order valence-electron chi connectivity index (χ3n) is 4.92. The molecule has 0 spiro atoms. The Kier molecular flexibility index (Phi) is 6.17. The Morgan fingerprint density at radius 2 is 1.92 bits per heavy atom. The van der Waals surface area contributed by atoms with E-state index in [0.29, 0.717) is 12.0 Å². The molecule has 2 heterocycles. The Balaban J connectivity index is 0.00000182. The second-order valence-corrected chi connectivity index (χ2v) is 7.55. The van der Waals surface area contributed by atoms with E-state index in [1.54, 1.807) is 5.57 Å². The summed E-state index contributed by atoms with van der Waals surface area (Å²) in [6.45, 7) is 1.09. The maximum Gasteiger partial charge on any atom is 0.0724 e. The van der Waals surface area contributed by atoms with Gasteiger partial charge in [0.2, 0.25) is 0 Å². The predicted octanol–water partition coefficient (Wildman–Crippen LogP) is 6.48. The van der Waals surface area contributed by atoms with Crippen molar-refractivity contribution in [3.63, 3.8) is 0 Å². The largest absolute Gasteiger partial charge is 0.366 e. The van der Waals surface area contributed by atoms with Gasteiger partial charge in [0.05, 0.1) is 6.04 Å². The maximum atomic E-state index is 2.53. The number of allylic oxidation sites excluding steroid dienone is 3. The van der Waals surface area contributed by atoms with E-state index in [2.05, 4.69) is 83.2 Å². The van der Waals surface area contributed by atoms with Crippen LogP contribution in [-0.2, 0) is 0 Å². The Morgan fingerprint density at radius 1 is 1.04 bits per heavy atom. The smallest absolute Gasteiger partial charge is 0.0724 e.